The lowest BCUT2D eigenvalue weighted by Crippen LogP contribution is -2.45. The molecule has 2 atom stereocenters. The van der Waals surface area contributed by atoms with Crippen molar-refractivity contribution < 1.29 is 9.53 Å². The molecule has 2 aliphatic rings. The zero-order valence-corrected chi connectivity index (χ0v) is 11.1. The van der Waals surface area contributed by atoms with Crippen molar-refractivity contribution in [3.05, 3.63) is 23.9 Å². The third kappa shape index (κ3) is 2.56. The summed E-state index contributed by atoms with van der Waals surface area (Å²) in [5.74, 6) is 0.872. The molecule has 5 heteroatoms. The summed E-state index contributed by atoms with van der Waals surface area (Å²) in [6.07, 6.45) is 4.27. The van der Waals surface area contributed by atoms with Gasteiger partial charge in [-0.3, -0.25) is 4.79 Å². The molecule has 19 heavy (non-hydrogen) atoms. The summed E-state index contributed by atoms with van der Waals surface area (Å²) in [6.45, 7) is 4.27. The second-order valence-corrected chi connectivity index (χ2v) is 5.13. The van der Waals surface area contributed by atoms with Gasteiger partial charge in [-0.15, -0.1) is 0 Å². The lowest BCUT2D eigenvalue weighted by atomic mass is 10.2. The highest BCUT2D eigenvalue weighted by Gasteiger charge is 2.35. The van der Waals surface area contributed by atoms with Crippen LogP contribution in [-0.4, -0.2) is 47.6 Å². The fraction of sp³-hybridized carbons (Fsp3) is 0.571. The number of likely N-dealkylation sites (tertiary alicyclic amines) is 1. The number of fused-ring (bicyclic) bond motifs is 2. The van der Waals surface area contributed by atoms with Crippen LogP contribution < -0.4 is 5.32 Å². The number of hydrogen-bond acceptors (Lipinski definition) is 4. The Hall–Kier alpha value is -1.62. The molecule has 1 aromatic rings. The molecular formula is C14H19N3O2. The summed E-state index contributed by atoms with van der Waals surface area (Å²) >= 11 is 0. The van der Waals surface area contributed by atoms with E-state index in [0.717, 1.165) is 25.2 Å². The van der Waals surface area contributed by atoms with E-state index >= 15 is 0 Å². The average Bonchev–Trinajstić information content (AvgIpc) is 2.78. The Labute approximate surface area is 113 Å². The van der Waals surface area contributed by atoms with E-state index < -0.39 is 0 Å². The number of nitrogens with one attached hydrogen (secondary N) is 1. The lowest BCUT2D eigenvalue weighted by molar-refractivity contribution is -0.0303. The van der Waals surface area contributed by atoms with Crippen LogP contribution in [0.25, 0.3) is 0 Å². The van der Waals surface area contributed by atoms with Crippen molar-refractivity contribution in [1.29, 1.82) is 0 Å². The maximum atomic E-state index is 12.4. The van der Waals surface area contributed by atoms with E-state index in [9.17, 15) is 4.79 Å². The Morgan fingerprint density at radius 3 is 2.74 bits per heavy atom. The molecule has 1 N–H and O–H groups in total. The molecule has 1 aromatic heterocycles. The van der Waals surface area contributed by atoms with Crippen LogP contribution in [-0.2, 0) is 4.74 Å². The van der Waals surface area contributed by atoms with Crippen LogP contribution >= 0.6 is 0 Å². The van der Waals surface area contributed by atoms with Crippen molar-refractivity contribution in [1.82, 2.24) is 9.88 Å². The predicted molar refractivity (Wildman–Crippen MR) is 72.2 cm³/mol. The molecule has 102 valence electrons. The van der Waals surface area contributed by atoms with Gasteiger partial charge in [-0.2, -0.15) is 0 Å². The number of carbonyl (C=O) groups is 1. The van der Waals surface area contributed by atoms with Crippen molar-refractivity contribution >= 4 is 11.7 Å². The lowest BCUT2D eigenvalue weighted by Gasteiger charge is -2.32. The molecule has 0 aliphatic carbocycles. The van der Waals surface area contributed by atoms with Crippen molar-refractivity contribution in [2.45, 2.75) is 32.0 Å². The Morgan fingerprint density at radius 2 is 2.16 bits per heavy atom. The van der Waals surface area contributed by atoms with Gasteiger partial charge in [-0.25, -0.2) is 4.98 Å². The van der Waals surface area contributed by atoms with Crippen LogP contribution in [0.15, 0.2) is 18.3 Å². The number of nitrogens with zero attached hydrogens (tertiary/aromatic N) is 2. The van der Waals surface area contributed by atoms with Crippen LogP contribution in [0.4, 0.5) is 5.82 Å². The number of anilines is 1. The molecule has 0 aromatic carbocycles. The Kier molecular flexibility index (Phi) is 3.38. The third-order valence-electron chi connectivity index (χ3n) is 3.70. The van der Waals surface area contributed by atoms with Crippen LogP contribution in [0, 0.1) is 0 Å². The van der Waals surface area contributed by atoms with Gasteiger partial charge in [0.25, 0.3) is 5.91 Å². The number of rotatable bonds is 3. The van der Waals surface area contributed by atoms with E-state index in [2.05, 4.69) is 10.3 Å². The smallest absolute Gasteiger partial charge is 0.255 e. The summed E-state index contributed by atoms with van der Waals surface area (Å²) in [4.78, 5) is 18.5. The average molecular weight is 261 g/mol. The van der Waals surface area contributed by atoms with Gasteiger partial charge in [0.15, 0.2) is 0 Å². The predicted octanol–water partition coefficient (Wildman–Crippen LogP) is 1.52. The van der Waals surface area contributed by atoms with Gasteiger partial charge in [0.2, 0.25) is 0 Å². The molecule has 3 heterocycles. The number of aromatic nitrogens is 1. The fourth-order valence-electron chi connectivity index (χ4n) is 2.77. The first-order valence-corrected chi connectivity index (χ1v) is 6.91. The second-order valence-electron chi connectivity index (χ2n) is 5.13. The monoisotopic (exact) mass is 261 g/mol. The molecular weight excluding hydrogens is 242 g/mol. The summed E-state index contributed by atoms with van der Waals surface area (Å²) in [6, 6.07) is 3.69. The first kappa shape index (κ1) is 12.4. The van der Waals surface area contributed by atoms with Gasteiger partial charge in [0.1, 0.15) is 5.82 Å². The maximum absolute atomic E-state index is 12.4. The van der Waals surface area contributed by atoms with Crippen molar-refractivity contribution in [2.75, 3.05) is 25.0 Å². The van der Waals surface area contributed by atoms with Crippen LogP contribution in [0.3, 0.4) is 0 Å². The first-order valence-electron chi connectivity index (χ1n) is 6.91. The van der Waals surface area contributed by atoms with Crippen LogP contribution in [0.5, 0.6) is 0 Å². The molecule has 2 saturated heterocycles. The maximum Gasteiger partial charge on any atom is 0.255 e. The summed E-state index contributed by atoms with van der Waals surface area (Å²) in [5.41, 5.74) is 0.656. The topological polar surface area (TPSA) is 54.5 Å². The van der Waals surface area contributed by atoms with Gasteiger partial charge >= 0.3 is 0 Å². The van der Waals surface area contributed by atoms with E-state index in [1.54, 1.807) is 6.20 Å². The molecule has 0 radical (unpaired) electrons. The fourth-order valence-corrected chi connectivity index (χ4v) is 2.77. The highest BCUT2D eigenvalue weighted by molar-refractivity contribution is 5.94. The Morgan fingerprint density at radius 1 is 1.42 bits per heavy atom. The third-order valence-corrected chi connectivity index (χ3v) is 3.70. The second kappa shape index (κ2) is 5.17. The first-order chi connectivity index (χ1) is 9.26. The Balaban J connectivity index is 1.69. The minimum absolute atomic E-state index is 0.0655. The molecule has 2 unspecified atom stereocenters. The normalized spacial score (nSPS) is 25.4. The summed E-state index contributed by atoms with van der Waals surface area (Å²) in [5, 5.41) is 3.12. The van der Waals surface area contributed by atoms with Crippen molar-refractivity contribution in [3.8, 4) is 0 Å². The summed E-state index contributed by atoms with van der Waals surface area (Å²) in [7, 11) is 0. The van der Waals surface area contributed by atoms with Crippen LogP contribution in [0.2, 0.25) is 0 Å². The standard InChI is InChI=1S/C14H19N3O2/c1-2-15-13-6-3-10(7-16-13)14(18)17-8-11-4-5-12(9-17)19-11/h3,6-7,11-12H,2,4-5,8-9H2,1H3,(H,15,16). The molecule has 3 rings (SSSR count). The van der Waals surface area contributed by atoms with Gasteiger partial charge in [-0.05, 0) is 31.9 Å². The van der Waals surface area contributed by atoms with Gasteiger partial charge < -0.3 is 15.0 Å². The summed E-state index contributed by atoms with van der Waals surface area (Å²) < 4.78 is 5.75. The Bertz CT molecular complexity index is 448. The number of morpholine rings is 1. The van der Waals surface area contributed by atoms with Crippen molar-refractivity contribution in [3.63, 3.8) is 0 Å². The van der Waals surface area contributed by atoms with Crippen LogP contribution in [0.1, 0.15) is 30.1 Å². The zero-order chi connectivity index (χ0) is 13.2. The molecule has 0 spiro atoms. The highest BCUT2D eigenvalue weighted by atomic mass is 16.5. The molecule has 0 saturated carbocycles. The van der Waals surface area contributed by atoms with Gasteiger partial charge in [0, 0.05) is 25.8 Å². The molecule has 1 amide bonds. The quantitative estimate of drug-likeness (QED) is 0.896. The minimum atomic E-state index is 0.0655. The van der Waals surface area contributed by atoms with E-state index in [0.29, 0.717) is 18.7 Å². The highest BCUT2D eigenvalue weighted by Crippen LogP contribution is 2.27. The zero-order valence-electron chi connectivity index (χ0n) is 11.1. The number of pyridine rings is 1. The van der Waals surface area contributed by atoms with Gasteiger partial charge in [-0.1, -0.05) is 0 Å². The number of carbonyl (C=O) groups excluding carboxylic acids is 1. The van der Waals surface area contributed by atoms with Crippen molar-refractivity contribution in [2.24, 2.45) is 0 Å². The van der Waals surface area contributed by atoms with Gasteiger partial charge in [0.05, 0.1) is 17.8 Å². The number of ether oxygens (including phenoxy) is 1. The van der Waals surface area contributed by atoms with E-state index in [4.69, 9.17) is 4.74 Å². The largest absolute Gasteiger partial charge is 0.371 e. The van der Waals surface area contributed by atoms with E-state index in [-0.39, 0.29) is 18.1 Å². The molecule has 2 bridgehead atoms. The molecule has 5 nitrogen and oxygen atoms in total. The number of amides is 1. The van der Waals surface area contributed by atoms with E-state index in [1.165, 1.54) is 0 Å². The number of hydrogen-bond donors (Lipinski definition) is 1. The molecule has 2 fully saturated rings. The van der Waals surface area contributed by atoms with E-state index in [1.807, 2.05) is 24.0 Å². The SMILES string of the molecule is CCNc1ccc(C(=O)N2CC3CCC(C2)O3)cn1. The molecule has 2 aliphatic heterocycles. The minimum Gasteiger partial charge on any atom is -0.371 e.